The van der Waals surface area contributed by atoms with Crippen molar-refractivity contribution < 1.29 is 0 Å². The van der Waals surface area contributed by atoms with Gasteiger partial charge in [0.1, 0.15) is 0 Å². The minimum Gasteiger partial charge on any atom is -0.248 e. The van der Waals surface area contributed by atoms with Crippen LogP contribution >= 0.6 is 0 Å². The van der Waals surface area contributed by atoms with Crippen LogP contribution in [0, 0.1) is 0 Å². The predicted octanol–water partition coefficient (Wildman–Crippen LogP) is 13.3. The Balaban J connectivity index is 1.26. The number of benzene rings is 6. The molecule has 0 heterocycles. The van der Waals surface area contributed by atoms with Gasteiger partial charge in [-0.05, 0) is 93.8 Å². The molecule has 0 unspecified atom stereocenters. The highest BCUT2D eigenvalue weighted by Crippen LogP contribution is 2.29. The molecule has 0 aromatic heterocycles. The van der Waals surface area contributed by atoms with Gasteiger partial charge in [0.2, 0.25) is 0 Å². The van der Waals surface area contributed by atoms with Gasteiger partial charge in [-0.2, -0.15) is 0 Å². The van der Waals surface area contributed by atoms with E-state index < -0.39 is 0 Å². The number of nitrogens with zero attached hydrogens (tertiary/aromatic N) is 1. The van der Waals surface area contributed by atoms with E-state index in [4.69, 9.17) is 4.99 Å². The standard InChI is InChI=1S/C49H41N/c1-36(40-20-8-5-9-21-40)18-14-19-37(2)43-26-15-27-44(33-43)38(3)32-49(42-24-12-7-13-25-42)50-39(4)45-28-16-30-47(34-45)48-31-17-29-46(35-48)41-22-10-6-11-23-41/h5-35H,1,4H2,2-3H3/b18-14-,37-19+,38-32+,50-49+. The lowest BCUT2D eigenvalue weighted by Crippen LogP contribution is -1.99. The number of allylic oxidation sites excluding steroid dienone is 7. The fraction of sp³-hybridized carbons (Fsp3) is 0.0408. The molecule has 242 valence electrons. The van der Waals surface area contributed by atoms with Crippen LogP contribution in [0.1, 0.15) is 41.7 Å². The molecule has 50 heavy (non-hydrogen) atoms. The summed E-state index contributed by atoms with van der Waals surface area (Å²) in [7, 11) is 0. The minimum atomic E-state index is 0.713. The number of hydrogen-bond donors (Lipinski definition) is 0. The average Bonchev–Trinajstić information content (AvgIpc) is 3.18. The second-order valence-corrected chi connectivity index (χ2v) is 12.3. The van der Waals surface area contributed by atoms with E-state index in [1.165, 1.54) is 22.3 Å². The maximum Gasteiger partial charge on any atom is 0.0712 e. The molecule has 0 saturated heterocycles. The Kier molecular flexibility index (Phi) is 10.9. The van der Waals surface area contributed by atoms with Gasteiger partial charge in [0.05, 0.1) is 11.4 Å². The van der Waals surface area contributed by atoms with Crippen LogP contribution in [-0.4, -0.2) is 5.71 Å². The maximum absolute atomic E-state index is 5.14. The smallest absolute Gasteiger partial charge is 0.0712 e. The maximum atomic E-state index is 5.14. The number of rotatable bonds is 11. The summed E-state index contributed by atoms with van der Waals surface area (Å²) in [5.74, 6) is 0. The molecule has 1 heteroatoms. The van der Waals surface area contributed by atoms with Gasteiger partial charge in [-0.1, -0.05) is 177 Å². The number of hydrogen-bond acceptors (Lipinski definition) is 1. The topological polar surface area (TPSA) is 12.4 Å². The zero-order chi connectivity index (χ0) is 34.7. The fourth-order valence-electron chi connectivity index (χ4n) is 5.84. The van der Waals surface area contributed by atoms with Crippen LogP contribution < -0.4 is 0 Å². The molecule has 0 radical (unpaired) electrons. The highest BCUT2D eigenvalue weighted by Gasteiger charge is 2.08. The molecular formula is C49H41N. The van der Waals surface area contributed by atoms with E-state index in [0.29, 0.717) is 5.70 Å². The molecule has 0 bridgehead atoms. The molecule has 0 aliphatic rings. The van der Waals surface area contributed by atoms with Crippen LogP contribution in [0.15, 0.2) is 206 Å². The zero-order valence-corrected chi connectivity index (χ0v) is 28.8. The lowest BCUT2D eigenvalue weighted by molar-refractivity contribution is 1.48. The Bertz CT molecular complexity index is 2230. The van der Waals surface area contributed by atoms with Crippen molar-refractivity contribution in [2.24, 2.45) is 4.99 Å². The summed E-state index contributed by atoms with van der Waals surface area (Å²) < 4.78 is 0. The van der Waals surface area contributed by atoms with Gasteiger partial charge in [-0.25, -0.2) is 4.99 Å². The molecule has 0 atom stereocenters. The van der Waals surface area contributed by atoms with Crippen molar-refractivity contribution in [1.29, 1.82) is 0 Å². The van der Waals surface area contributed by atoms with Gasteiger partial charge in [-0.15, -0.1) is 0 Å². The molecule has 0 amide bonds. The Morgan fingerprint density at radius 1 is 0.460 bits per heavy atom. The fourth-order valence-corrected chi connectivity index (χ4v) is 5.84. The summed E-state index contributed by atoms with van der Waals surface area (Å²) in [6.07, 6.45) is 8.43. The monoisotopic (exact) mass is 643 g/mol. The second kappa shape index (κ2) is 16.2. The first kappa shape index (κ1) is 33.6. The molecule has 6 aromatic carbocycles. The quantitative estimate of drug-likeness (QED) is 0.0984. The van der Waals surface area contributed by atoms with E-state index in [2.05, 4.69) is 173 Å². The minimum absolute atomic E-state index is 0.713. The van der Waals surface area contributed by atoms with Gasteiger partial charge in [0, 0.05) is 11.1 Å². The SMILES string of the molecule is C=C(/C=C\C=C(/C)c1cccc(/C(C)=C/C(=N\C(=C)c2cccc(-c3cccc(-c4ccccc4)c3)c2)c2ccccc2)c1)c1ccccc1. The molecule has 0 N–H and O–H groups in total. The lowest BCUT2D eigenvalue weighted by atomic mass is 9.97. The number of aliphatic imine (C=N–C) groups is 1. The third-order valence-electron chi connectivity index (χ3n) is 8.74. The van der Waals surface area contributed by atoms with Crippen LogP contribution in [-0.2, 0) is 0 Å². The molecule has 0 spiro atoms. The Hall–Kier alpha value is -6.31. The molecule has 0 aliphatic heterocycles. The highest BCUT2D eigenvalue weighted by atomic mass is 14.8. The Morgan fingerprint density at radius 2 is 0.940 bits per heavy atom. The van der Waals surface area contributed by atoms with Gasteiger partial charge >= 0.3 is 0 Å². The highest BCUT2D eigenvalue weighted by molar-refractivity contribution is 6.14. The predicted molar refractivity (Wildman–Crippen MR) is 218 cm³/mol. The summed E-state index contributed by atoms with van der Waals surface area (Å²) in [5.41, 5.74) is 15.0. The molecule has 0 aliphatic carbocycles. The molecular weight excluding hydrogens is 603 g/mol. The van der Waals surface area contributed by atoms with Crippen molar-refractivity contribution in [1.82, 2.24) is 0 Å². The molecule has 0 fully saturated rings. The summed E-state index contributed by atoms with van der Waals surface area (Å²) in [6, 6.07) is 56.8. The summed E-state index contributed by atoms with van der Waals surface area (Å²) >= 11 is 0. The lowest BCUT2D eigenvalue weighted by Gasteiger charge is -2.11. The van der Waals surface area contributed by atoms with Crippen molar-refractivity contribution in [3.05, 3.63) is 229 Å². The van der Waals surface area contributed by atoms with Crippen molar-refractivity contribution in [2.45, 2.75) is 13.8 Å². The zero-order valence-electron chi connectivity index (χ0n) is 28.8. The van der Waals surface area contributed by atoms with E-state index in [1.54, 1.807) is 0 Å². The third-order valence-corrected chi connectivity index (χ3v) is 8.74. The third kappa shape index (κ3) is 8.58. The van der Waals surface area contributed by atoms with Crippen molar-refractivity contribution >= 4 is 28.1 Å². The van der Waals surface area contributed by atoms with Gasteiger partial charge in [-0.3, -0.25) is 0 Å². The van der Waals surface area contributed by atoms with Crippen LogP contribution in [0.4, 0.5) is 0 Å². The van der Waals surface area contributed by atoms with Crippen LogP contribution in [0.25, 0.3) is 44.7 Å². The van der Waals surface area contributed by atoms with E-state index in [1.807, 2.05) is 42.5 Å². The van der Waals surface area contributed by atoms with E-state index in [9.17, 15) is 0 Å². The van der Waals surface area contributed by atoms with Gasteiger partial charge in [0.15, 0.2) is 0 Å². The average molecular weight is 644 g/mol. The van der Waals surface area contributed by atoms with Gasteiger partial charge < -0.3 is 0 Å². The first-order chi connectivity index (χ1) is 24.4. The van der Waals surface area contributed by atoms with E-state index in [-0.39, 0.29) is 0 Å². The van der Waals surface area contributed by atoms with Crippen molar-refractivity contribution in [2.75, 3.05) is 0 Å². The van der Waals surface area contributed by atoms with E-state index in [0.717, 1.165) is 50.2 Å². The molecule has 0 saturated carbocycles. The summed E-state index contributed by atoms with van der Waals surface area (Å²) in [6.45, 7) is 12.9. The van der Waals surface area contributed by atoms with Gasteiger partial charge in [0.25, 0.3) is 0 Å². The molecule has 6 rings (SSSR count). The first-order valence-corrected chi connectivity index (χ1v) is 16.9. The molecule has 6 aromatic rings. The van der Waals surface area contributed by atoms with E-state index >= 15 is 0 Å². The summed E-state index contributed by atoms with van der Waals surface area (Å²) in [5, 5.41) is 0. The van der Waals surface area contributed by atoms with Crippen molar-refractivity contribution in [3.63, 3.8) is 0 Å². The first-order valence-electron chi connectivity index (χ1n) is 16.9. The van der Waals surface area contributed by atoms with Crippen LogP contribution in [0.5, 0.6) is 0 Å². The normalized spacial score (nSPS) is 12.2. The van der Waals surface area contributed by atoms with Crippen molar-refractivity contribution in [3.8, 4) is 22.3 Å². The van der Waals surface area contributed by atoms with Crippen LogP contribution in [0.3, 0.4) is 0 Å². The largest absolute Gasteiger partial charge is 0.248 e. The Morgan fingerprint density at radius 3 is 1.62 bits per heavy atom. The Labute approximate surface area is 297 Å². The summed E-state index contributed by atoms with van der Waals surface area (Å²) in [4.78, 5) is 5.14. The van der Waals surface area contributed by atoms with Crippen LogP contribution in [0.2, 0.25) is 0 Å². The molecule has 1 nitrogen and oxygen atoms in total. The second-order valence-electron chi connectivity index (χ2n) is 12.3.